The molecule has 0 saturated carbocycles. The van der Waals surface area contributed by atoms with E-state index in [0.29, 0.717) is 0 Å². The van der Waals surface area contributed by atoms with Crippen molar-refractivity contribution < 1.29 is 0 Å². The molecular weight excluding hydrogens is 246 g/mol. The minimum absolute atomic E-state index is 0.0728. The molecule has 3 heteroatoms. The van der Waals surface area contributed by atoms with Crippen molar-refractivity contribution in [1.82, 2.24) is 15.1 Å². The van der Waals surface area contributed by atoms with E-state index in [1.807, 2.05) is 11.7 Å². The van der Waals surface area contributed by atoms with Gasteiger partial charge < -0.3 is 5.32 Å². The second-order valence-corrected chi connectivity index (χ2v) is 7.62. The van der Waals surface area contributed by atoms with E-state index in [9.17, 15) is 0 Å². The van der Waals surface area contributed by atoms with Gasteiger partial charge in [0.05, 0.1) is 5.69 Å². The molecule has 0 unspecified atom stereocenters. The Hall–Kier alpha value is -1.09. The third-order valence-corrected chi connectivity index (χ3v) is 3.23. The fourth-order valence-electron chi connectivity index (χ4n) is 2.07. The zero-order chi connectivity index (χ0) is 15.6. The molecule has 0 amide bonds. The second-order valence-electron chi connectivity index (χ2n) is 7.62. The first kappa shape index (κ1) is 17.0. The summed E-state index contributed by atoms with van der Waals surface area (Å²) in [6.07, 6.45) is 5.47. The first-order chi connectivity index (χ1) is 9.03. The monoisotopic (exact) mass is 277 g/mol. The van der Waals surface area contributed by atoms with Crippen LogP contribution in [0, 0.1) is 0 Å². The molecule has 1 N–H and O–H groups in total. The van der Waals surface area contributed by atoms with Crippen LogP contribution < -0.4 is 5.32 Å². The Morgan fingerprint density at radius 1 is 1.25 bits per heavy atom. The molecule has 0 saturated heterocycles. The molecule has 1 rings (SSSR count). The molecule has 114 valence electrons. The summed E-state index contributed by atoms with van der Waals surface area (Å²) in [6.45, 7) is 16.4. The van der Waals surface area contributed by atoms with Gasteiger partial charge >= 0.3 is 0 Å². The van der Waals surface area contributed by atoms with E-state index in [1.54, 1.807) is 0 Å². The van der Waals surface area contributed by atoms with E-state index in [4.69, 9.17) is 0 Å². The average molecular weight is 277 g/mol. The SMILES string of the molecule is CCC(=Cc1cn(C)nc1C(C)(C)C)CNC(C)(C)C. The number of aromatic nitrogens is 2. The normalized spacial score (nSPS) is 13.9. The van der Waals surface area contributed by atoms with Gasteiger partial charge in [-0.1, -0.05) is 39.3 Å². The Bertz CT molecular complexity index is 467. The van der Waals surface area contributed by atoms with Crippen molar-refractivity contribution in [3.05, 3.63) is 23.0 Å². The van der Waals surface area contributed by atoms with E-state index in [1.165, 1.54) is 16.8 Å². The molecule has 0 radical (unpaired) electrons. The van der Waals surface area contributed by atoms with Gasteiger partial charge in [0.25, 0.3) is 0 Å². The average Bonchev–Trinajstić information content (AvgIpc) is 2.64. The highest BCUT2D eigenvalue weighted by atomic mass is 15.3. The van der Waals surface area contributed by atoms with E-state index in [-0.39, 0.29) is 11.0 Å². The first-order valence-electron chi connectivity index (χ1n) is 7.51. The molecule has 1 heterocycles. The molecule has 0 atom stereocenters. The predicted molar refractivity (Wildman–Crippen MR) is 87.9 cm³/mol. The van der Waals surface area contributed by atoms with E-state index >= 15 is 0 Å². The second kappa shape index (κ2) is 6.13. The molecule has 0 aliphatic rings. The number of nitrogens with zero attached hydrogens (tertiary/aromatic N) is 2. The Balaban J connectivity index is 3.01. The van der Waals surface area contributed by atoms with Crippen molar-refractivity contribution in [2.75, 3.05) is 6.54 Å². The van der Waals surface area contributed by atoms with Crippen LogP contribution in [0.3, 0.4) is 0 Å². The number of rotatable bonds is 4. The van der Waals surface area contributed by atoms with Gasteiger partial charge in [-0.2, -0.15) is 5.10 Å². The summed E-state index contributed by atoms with van der Waals surface area (Å²) in [5.74, 6) is 0. The van der Waals surface area contributed by atoms with Crippen molar-refractivity contribution in [3.63, 3.8) is 0 Å². The molecule has 0 spiro atoms. The van der Waals surface area contributed by atoms with Crippen LogP contribution >= 0.6 is 0 Å². The minimum Gasteiger partial charge on any atom is -0.308 e. The topological polar surface area (TPSA) is 29.9 Å². The van der Waals surface area contributed by atoms with Gasteiger partial charge in [-0.25, -0.2) is 0 Å². The lowest BCUT2D eigenvalue weighted by Crippen LogP contribution is -2.37. The molecule has 20 heavy (non-hydrogen) atoms. The maximum atomic E-state index is 4.63. The van der Waals surface area contributed by atoms with Crippen molar-refractivity contribution in [2.45, 2.75) is 65.8 Å². The summed E-state index contributed by atoms with van der Waals surface area (Å²) in [5.41, 5.74) is 4.05. The summed E-state index contributed by atoms with van der Waals surface area (Å²) in [6, 6.07) is 0. The molecule has 3 nitrogen and oxygen atoms in total. The molecule has 0 fully saturated rings. The minimum atomic E-state index is 0.0728. The predicted octanol–water partition coefficient (Wildman–Crippen LogP) is 3.90. The van der Waals surface area contributed by atoms with Crippen LogP contribution in [0.1, 0.15) is 66.1 Å². The standard InChI is InChI=1S/C17H31N3/c1-9-13(11-18-17(5,6)7)10-14-12-20(8)19-15(14)16(2,3)4/h10,12,18H,9,11H2,1-8H3. The lowest BCUT2D eigenvalue weighted by atomic mass is 9.89. The molecule has 0 aliphatic heterocycles. The maximum Gasteiger partial charge on any atom is 0.0750 e. The number of hydrogen-bond donors (Lipinski definition) is 1. The third kappa shape index (κ3) is 5.12. The van der Waals surface area contributed by atoms with Gasteiger partial charge in [0.1, 0.15) is 0 Å². The molecular formula is C17H31N3. The molecule has 0 aliphatic carbocycles. The molecule has 0 aromatic carbocycles. The van der Waals surface area contributed by atoms with Crippen LogP contribution in [0.2, 0.25) is 0 Å². The summed E-state index contributed by atoms with van der Waals surface area (Å²) in [7, 11) is 1.99. The highest BCUT2D eigenvalue weighted by molar-refractivity contribution is 5.56. The molecule has 1 aromatic heterocycles. The Kier molecular flexibility index (Phi) is 5.20. The zero-order valence-corrected chi connectivity index (χ0v) is 14.5. The van der Waals surface area contributed by atoms with Crippen LogP contribution in [0.15, 0.2) is 11.8 Å². The maximum absolute atomic E-state index is 4.63. The number of aryl methyl sites for hydroxylation is 1. The highest BCUT2D eigenvalue weighted by Gasteiger charge is 2.21. The Morgan fingerprint density at radius 3 is 2.30 bits per heavy atom. The summed E-state index contributed by atoms with van der Waals surface area (Å²) >= 11 is 0. The lowest BCUT2D eigenvalue weighted by molar-refractivity contribution is 0.443. The van der Waals surface area contributed by atoms with Crippen LogP contribution in [-0.2, 0) is 12.5 Å². The van der Waals surface area contributed by atoms with Crippen LogP contribution in [0.5, 0.6) is 0 Å². The van der Waals surface area contributed by atoms with E-state index in [0.717, 1.165) is 13.0 Å². The number of hydrogen-bond acceptors (Lipinski definition) is 2. The number of nitrogens with one attached hydrogen (secondary N) is 1. The lowest BCUT2D eigenvalue weighted by Gasteiger charge is -2.22. The Morgan fingerprint density at radius 2 is 1.85 bits per heavy atom. The van der Waals surface area contributed by atoms with E-state index < -0.39 is 0 Å². The largest absolute Gasteiger partial charge is 0.308 e. The third-order valence-electron chi connectivity index (χ3n) is 3.23. The van der Waals surface area contributed by atoms with Gasteiger partial charge in [0.15, 0.2) is 0 Å². The summed E-state index contributed by atoms with van der Waals surface area (Å²) in [5, 5.41) is 8.19. The van der Waals surface area contributed by atoms with Gasteiger partial charge in [-0.15, -0.1) is 0 Å². The quantitative estimate of drug-likeness (QED) is 0.904. The van der Waals surface area contributed by atoms with Crippen molar-refractivity contribution in [1.29, 1.82) is 0 Å². The van der Waals surface area contributed by atoms with E-state index in [2.05, 4.69) is 71.2 Å². The van der Waals surface area contributed by atoms with Crippen molar-refractivity contribution in [3.8, 4) is 0 Å². The smallest absolute Gasteiger partial charge is 0.0750 e. The van der Waals surface area contributed by atoms with Gasteiger partial charge in [-0.3, -0.25) is 4.68 Å². The Labute approximate surface area is 124 Å². The molecule has 1 aromatic rings. The first-order valence-corrected chi connectivity index (χ1v) is 7.51. The highest BCUT2D eigenvalue weighted by Crippen LogP contribution is 2.26. The fourth-order valence-corrected chi connectivity index (χ4v) is 2.07. The summed E-state index contributed by atoms with van der Waals surface area (Å²) < 4.78 is 1.91. The van der Waals surface area contributed by atoms with Crippen LogP contribution in [0.4, 0.5) is 0 Å². The van der Waals surface area contributed by atoms with Crippen molar-refractivity contribution in [2.24, 2.45) is 7.05 Å². The summed E-state index contributed by atoms with van der Waals surface area (Å²) in [4.78, 5) is 0. The zero-order valence-electron chi connectivity index (χ0n) is 14.5. The van der Waals surface area contributed by atoms with Gasteiger partial charge in [0, 0.05) is 36.3 Å². The van der Waals surface area contributed by atoms with Crippen molar-refractivity contribution >= 4 is 6.08 Å². The fraction of sp³-hybridized carbons (Fsp3) is 0.706. The van der Waals surface area contributed by atoms with Crippen LogP contribution in [-0.4, -0.2) is 21.9 Å². The molecule has 0 bridgehead atoms. The van der Waals surface area contributed by atoms with Gasteiger partial charge in [-0.05, 0) is 27.2 Å². The van der Waals surface area contributed by atoms with Crippen LogP contribution in [0.25, 0.3) is 6.08 Å². The van der Waals surface area contributed by atoms with Gasteiger partial charge in [0.2, 0.25) is 0 Å².